The first-order valence-electron chi connectivity index (χ1n) is 5.86. The smallest absolute Gasteiger partial charge is 0.243 e. The Balaban J connectivity index is 2.27. The van der Waals surface area contributed by atoms with E-state index < -0.39 is 10.0 Å². The summed E-state index contributed by atoms with van der Waals surface area (Å²) in [7, 11) is -1.95. The Bertz CT molecular complexity index is 726. The maximum absolute atomic E-state index is 12.5. The molecule has 1 aromatic carbocycles. The molecule has 0 fully saturated rings. The van der Waals surface area contributed by atoms with Crippen LogP contribution >= 0.6 is 27.3 Å². The van der Waals surface area contributed by atoms with Gasteiger partial charge in [-0.15, -0.1) is 11.3 Å². The third-order valence-corrected chi connectivity index (χ3v) is 6.44. The summed E-state index contributed by atoms with van der Waals surface area (Å²) in [5, 5.41) is 1.93. The molecule has 0 aliphatic heterocycles. The summed E-state index contributed by atoms with van der Waals surface area (Å²) < 4.78 is 27.2. The van der Waals surface area contributed by atoms with Gasteiger partial charge in [0.1, 0.15) is 0 Å². The van der Waals surface area contributed by atoms with Crippen LogP contribution in [0.4, 0.5) is 5.69 Å². The molecule has 4 nitrogen and oxygen atoms in total. The number of rotatable bonds is 4. The fraction of sp³-hybridized carbons (Fsp3) is 0.231. The fourth-order valence-corrected chi connectivity index (χ4v) is 4.47. The van der Waals surface area contributed by atoms with Gasteiger partial charge in [-0.2, -0.15) is 4.31 Å². The molecule has 0 aliphatic rings. The minimum atomic E-state index is -3.52. The average molecular weight is 375 g/mol. The Morgan fingerprint density at radius 3 is 2.60 bits per heavy atom. The van der Waals surface area contributed by atoms with Gasteiger partial charge in [0, 0.05) is 34.0 Å². The van der Waals surface area contributed by atoms with Crippen LogP contribution in [0.2, 0.25) is 0 Å². The van der Waals surface area contributed by atoms with Gasteiger partial charge in [0.25, 0.3) is 0 Å². The average Bonchev–Trinajstić information content (AvgIpc) is 2.78. The lowest BCUT2D eigenvalue weighted by Gasteiger charge is -2.17. The van der Waals surface area contributed by atoms with Crippen LogP contribution < -0.4 is 5.73 Å². The van der Waals surface area contributed by atoms with Crippen LogP contribution in [0.5, 0.6) is 0 Å². The Morgan fingerprint density at radius 1 is 1.35 bits per heavy atom. The highest BCUT2D eigenvalue weighted by molar-refractivity contribution is 9.10. The second-order valence-corrected chi connectivity index (χ2v) is 8.47. The molecule has 7 heteroatoms. The van der Waals surface area contributed by atoms with Crippen molar-refractivity contribution in [3.8, 4) is 0 Å². The van der Waals surface area contributed by atoms with Crippen molar-refractivity contribution >= 4 is 43.0 Å². The van der Waals surface area contributed by atoms with Crippen LogP contribution in [-0.2, 0) is 16.6 Å². The highest BCUT2D eigenvalue weighted by atomic mass is 79.9. The number of halogens is 1. The van der Waals surface area contributed by atoms with Crippen LogP contribution in [0.3, 0.4) is 0 Å². The zero-order valence-corrected chi connectivity index (χ0v) is 14.3. The lowest BCUT2D eigenvalue weighted by molar-refractivity contribution is 0.469. The minimum absolute atomic E-state index is 0.221. The number of hydrogen-bond donors (Lipinski definition) is 1. The molecule has 20 heavy (non-hydrogen) atoms. The van der Waals surface area contributed by atoms with E-state index in [2.05, 4.69) is 15.9 Å². The molecule has 1 heterocycles. The standard InChI is InChI=1S/C13H15BrN2O2S2/c1-9-3-4-12(6-13(9)15)20(17,18)16(2)7-11-5-10(14)8-19-11/h3-6,8H,7,15H2,1-2H3. The Morgan fingerprint density at radius 2 is 2.05 bits per heavy atom. The lowest BCUT2D eigenvalue weighted by Crippen LogP contribution is -2.26. The number of nitrogen functional groups attached to an aromatic ring is 1. The van der Waals surface area contributed by atoms with Crippen LogP contribution in [0.25, 0.3) is 0 Å². The molecule has 0 atom stereocenters. The first-order chi connectivity index (χ1) is 9.30. The van der Waals surface area contributed by atoms with Crippen LogP contribution in [0.1, 0.15) is 10.4 Å². The van der Waals surface area contributed by atoms with E-state index in [9.17, 15) is 8.42 Å². The summed E-state index contributed by atoms with van der Waals surface area (Å²) in [6, 6.07) is 6.73. The molecule has 108 valence electrons. The van der Waals surface area contributed by atoms with E-state index in [-0.39, 0.29) is 4.90 Å². The van der Waals surface area contributed by atoms with E-state index in [0.29, 0.717) is 12.2 Å². The van der Waals surface area contributed by atoms with Crippen LogP contribution in [-0.4, -0.2) is 19.8 Å². The molecule has 0 unspecified atom stereocenters. The highest BCUT2D eigenvalue weighted by Gasteiger charge is 2.21. The molecule has 0 bridgehead atoms. The fourth-order valence-electron chi connectivity index (χ4n) is 1.70. The predicted octanol–water partition coefficient (Wildman–Crippen LogP) is 3.22. The third kappa shape index (κ3) is 3.22. The van der Waals surface area contributed by atoms with Crippen molar-refractivity contribution in [2.45, 2.75) is 18.4 Å². The Kier molecular flexibility index (Phi) is 4.53. The van der Waals surface area contributed by atoms with Crippen molar-refractivity contribution < 1.29 is 8.42 Å². The zero-order chi connectivity index (χ0) is 14.9. The SMILES string of the molecule is Cc1ccc(S(=O)(=O)N(C)Cc2cc(Br)cs2)cc1N. The second kappa shape index (κ2) is 5.85. The molecule has 0 saturated heterocycles. The molecule has 2 aromatic rings. The Labute approximate surface area is 131 Å². The Hall–Kier alpha value is -0.890. The number of anilines is 1. The molecule has 2 N–H and O–H groups in total. The van der Waals surface area contributed by atoms with Gasteiger partial charge in [0.05, 0.1) is 4.90 Å². The molecule has 0 aliphatic carbocycles. The molecule has 0 radical (unpaired) electrons. The van der Waals surface area contributed by atoms with Crippen molar-refractivity contribution in [1.29, 1.82) is 0 Å². The number of benzene rings is 1. The monoisotopic (exact) mass is 374 g/mol. The van der Waals surface area contributed by atoms with Gasteiger partial charge >= 0.3 is 0 Å². The van der Waals surface area contributed by atoms with Gasteiger partial charge in [-0.1, -0.05) is 6.07 Å². The second-order valence-electron chi connectivity index (χ2n) is 4.51. The molecule has 0 amide bonds. The number of nitrogens with zero attached hydrogens (tertiary/aromatic N) is 1. The minimum Gasteiger partial charge on any atom is -0.398 e. The van der Waals surface area contributed by atoms with E-state index in [0.717, 1.165) is 14.9 Å². The number of nitrogens with two attached hydrogens (primary N) is 1. The zero-order valence-electron chi connectivity index (χ0n) is 11.1. The van der Waals surface area contributed by atoms with Crippen LogP contribution in [0.15, 0.2) is 39.0 Å². The van der Waals surface area contributed by atoms with E-state index >= 15 is 0 Å². The molecule has 2 rings (SSSR count). The summed E-state index contributed by atoms with van der Waals surface area (Å²) in [5.41, 5.74) is 7.14. The summed E-state index contributed by atoms with van der Waals surface area (Å²) in [4.78, 5) is 1.20. The number of thiophene rings is 1. The maximum Gasteiger partial charge on any atom is 0.243 e. The number of sulfonamides is 1. The van der Waals surface area contributed by atoms with E-state index in [1.807, 2.05) is 18.4 Å². The van der Waals surface area contributed by atoms with Crippen LogP contribution in [0, 0.1) is 6.92 Å². The third-order valence-electron chi connectivity index (χ3n) is 2.96. The maximum atomic E-state index is 12.5. The summed E-state index contributed by atoms with van der Waals surface area (Å²) in [6.07, 6.45) is 0. The summed E-state index contributed by atoms with van der Waals surface area (Å²) in [6.45, 7) is 2.19. The number of aryl methyl sites for hydroxylation is 1. The highest BCUT2D eigenvalue weighted by Crippen LogP contribution is 2.24. The number of hydrogen-bond acceptors (Lipinski definition) is 4. The lowest BCUT2D eigenvalue weighted by atomic mass is 10.2. The van der Waals surface area contributed by atoms with Gasteiger partial charge in [-0.25, -0.2) is 8.42 Å². The first-order valence-corrected chi connectivity index (χ1v) is 8.97. The van der Waals surface area contributed by atoms with E-state index in [1.165, 1.54) is 21.7 Å². The summed E-state index contributed by atoms with van der Waals surface area (Å²) >= 11 is 4.88. The topological polar surface area (TPSA) is 63.4 Å². The van der Waals surface area contributed by atoms with Crippen molar-refractivity contribution in [1.82, 2.24) is 4.31 Å². The van der Waals surface area contributed by atoms with Gasteiger partial charge in [-0.3, -0.25) is 0 Å². The van der Waals surface area contributed by atoms with Crippen molar-refractivity contribution in [3.05, 3.63) is 44.6 Å². The normalized spacial score (nSPS) is 12.0. The quantitative estimate of drug-likeness (QED) is 0.835. The predicted molar refractivity (Wildman–Crippen MR) is 86.3 cm³/mol. The van der Waals surface area contributed by atoms with Gasteiger partial charge in [0.15, 0.2) is 0 Å². The van der Waals surface area contributed by atoms with Gasteiger partial charge in [0.2, 0.25) is 10.0 Å². The van der Waals surface area contributed by atoms with Crippen molar-refractivity contribution in [2.75, 3.05) is 12.8 Å². The van der Waals surface area contributed by atoms with Gasteiger partial charge < -0.3 is 5.73 Å². The molecular weight excluding hydrogens is 360 g/mol. The van der Waals surface area contributed by atoms with Crippen molar-refractivity contribution in [2.24, 2.45) is 0 Å². The molecule has 0 saturated carbocycles. The van der Waals surface area contributed by atoms with E-state index in [1.54, 1.807) is 19.2 Å². The summed E-state index contributed by atoms with van der Waals surface area (Å²) in [5.74, 6) is 0. The van der Waals surface area contributed by atoms with Gasteiger partial charge in [-0.05, 0) is 46.6 Å². The van der Waals surface area contributed by atoms with E-state index in [4.69, 9.17) is 5.73 Å². The first kappa shape index (κ1) is 15.5. The molecule has 1 aromatic heterocycles. The van der Waals surface area contributed by atoms with Crippen molar-refractivity contribution in [3.63, 3.8) is 0 Å². The largest absolute Gasteiger partial charge is 0.398 e. The molecule has 0 spiro atoms. The molecular formula is C13H15BrN2O2S2.